The van der Waals surface area contributed by atoms with E-state index in [-0.39, 0.29) is 11.3 Å². The van der Waals surface area contributed by atoms with Crippen LogP contribution in [0.3, 0.4) is 0 Å². The number of rotatable bonds is 2. The van der Waals surface area contributed by atoms with Crippen LogP contribution in [0.2, 0.25) is 5.02 Å². The Hall–Kier alpha value is -2.34. The summed E-state index contributed by atoms with van der Waals surface area (Å²) < 4.78 is 0. The topological polar surface area (TPSA) is 101 Å². The van der Waals surface area contributed by atoms with E-state index in [1.54, 1.807) is 12.1 Å². The fourth-order valence-corrected chi connectivity index (χ4v) is 1.52. The van der Waals surface area contributed by atoms with Gasteiger partial charge in [-0.2, -0.15) is 0 Å². The smallest absolute Gasteiger partial charge is 0.275 e. The average Bonchev–Trinajstić information content (AvgIpc) is 2.33. The zero-order chi connectivity index (χ0) is 13.1. The Morgan fingerprint density at radius 3 is 2.83 bits per heavy atom. The van der Waals surface area contributed by atoms with Gasteiger partial charge in [0.25, 0.3) is 11.5 Å². The number of aromatic nitrogens is 2. The van der Waals surface area contributed by atoms with Crippen LogP contribution in [-0.4, -0.2) is 15.9 Å². The van der Waals surface area contributed by atoms with E-state index in [0.29, 0.717) is 16.4 Å². The second kappa shape index (κ2) is 4.89. The Morgan fingerprint density at radius 1 is 1.44 bits per heavy atom. The van der Waals surface area contributed by atoms with E-state index in [4.69, 9.17) is 17.3 Å². The first kappa shape index (κ1) is 12.1. The van der Waals surface area contributed by atoms with Gasteiger partial charge in [-0.05, 0) is 18.2 Å². The molecule has 0 aliphatic rings. The number of carbonyl (C=O) groups excluding carboxylic acids is 1. The third-order valence-corrected chi connectivity index (χ3v) is 2.46. The highest BCUT2D eigenvalue weighted by Gasteiger charge is 2.09. The molecule has 1 heterocycles. The van der Waals surface area contributed by atoms with E-state index in [2.05, 4.69) is 15.3 Å². The number of aromatic amines is 1. The largest absolute Gasteiger partial charge is 0.399 e. The lowest BCUT2D eigenvalue weighted by Gasteiger charge is -2.06. The van der Waals surface area contributed by atoms with E-state index >= 15 is 0 Å². The summed E-state index contributed by atoms with van der Waals surface area (Å²) in [6.45, 7) is 0. The number of nitrogen functional groups attached to an aromatic ring is 1. The van der Waals surface area contributed by atoms with Gasteiger partial charge in [-0.3, -0.25) is 9.59 Å². The Kier molecular flexibility index (Phi) is 3.29. The van der Waals surface area contributed by atoms with Crippen LogP contribution < -0.4 is 16.6 Å². The van der Waals surface area contributed by atoms with Crippen molar-refractivity contribution in [2.24, 2.45) is 0 Å². The van der Waals surface area contributed by atoms with Crippen molar-refractivity contribution in [1.29, 1.82) is 0 Å². The lowest BCUT2D eigenvalue weighted by Crippen LogP contribution is -2.17. The molecule has 92 valence electrons. The third-order valence-electron chi connectivity index (χ3n) is 2.15. The summed E-state index contributed by atoms with van der Waals surface area (Å²) in [5, 5.41) is 2.89. The van der Waals surface area contributed by atoms with Gasteiger partial charge in [-0.25, -0.2) is 4.98 Å². The molecular weight excluding hydrogens is 256 g/mol. The number of carbonyl (C=O) groups is 1. The highest BCUT2D eigenvalue weighted by Crippen LogP contribution is 2.24. The minimum Gasteiger partial charge on any atom is -0.399 e. The maximum Gasteiger partial charge on any atom is 0.275 e. The maximum atomic E-state index is 11.8. The molecule has 7 heteroatoms. The van der Waals surface area contributed by atoms with Crippen molar-refractivity contribution in [3.8, 4) is 0 Å². The molecule has 0 aliphatic carbocycles. The quantitative estimate of drug-likeness (QED) is 0.711. The van der Waals surface area contributed by atoms with Crippen molar-refractivity contribution in [3.63, 3.8) is 0 Å². The number of halogens is 1. The highest BCUT2D eigenvalue weighted by atomic mass is 35.5. The van der Waals surface area contributed by atoms with Crippen molar-refractivity contribution in [2.45, 2.75) is 0 Å². The molecule has 0 unspecified atom stereocenters. The molecule has 2 aromatic rings. The molecule has 0 bridgehead atoms. The summed E-state index contributed by atoms with van der Waals surface area (Å²) in [6.07, 6.45) is 2.25. The van der Waals surface area contributed by atoms with Gasteiger partial charge in [-0.1, -0.05) is 11.6 Å². The number of nitrogens with zero attached hydrogens (tertiary/aromatic N) is 1. The van der Waals surface area contributed by atoms with Gasteiger partial charge < -0.3 is 16.0 Å². The summed E-state index contributed by atoms with van der Waals surface area (Å²) >= 11 is 5.91. The molecule has 1 amide bonds. The first-order valence-corrected chi connectivity index (χ1v) is 5.35. The minimum absolute atomic E-state index is 0.0856. The summed E-state index contributed by atoms with van der Waals surface area (Å²) in [4.78, 5) is 28.6. The molecular formula is C11H9ClN4O2. The van der Waals surface area contributed by atoms with Crippen molar-refractivity contribution >= 4 is 28.9 Å². The van der Waals surface area contributed by atoms with Gasteiger partial charge in [0.05, 0.1) is 16.9 Å². The zero-order valence-corrected chi connectivity index (χ0v) is 9.86. The van der Waals surface area contributed by atoms with Crippen molar-refractivity contribution in [2.75, 3.05) is 11.1 Å². The number of amides is 1. The lowest BCUT2D eigenvalue weighted by atomic mass is 10.2. The minimum atomic E-state index is -0.474. The van der Waals surface area contributed by atoms with E-state index in [1.165, 1.54) is 12.3 Å². The van der Waals surface area contributed by atoms with Gasteiger partial charge in [0, 0.05) is 11.9 Å². The van der Waals surface area contributed by atoms with Crippen LogP contribution in [0, 0.1) is 0 Å². The number of nitrogens with one attached hydrogen (secondary N) is 2. The third kappa shape index (κ3) is 2.67. The van der Waals surface area contributed by atoms with E-state index in [0.717, 1.165) is 6.20 Å². The number of benzene rings is 1. The standard InChI is InChI=1S/C11H9ClN4O2/c12-7-3-6(13)1-2-8(7)16-11(18)9-4-15-10(17)5-14-9/h1-5H,13H2,(H,15,17)(H,16,18). The molecule has 1 aromatic heterocycles. The normalized spacial score (nSPS) is 10.1. The molecule has 0 saturated carbocycles. The summed E-state index contributed by atoms with van der Waals surface area (Å²) in [5.74, 6) is -0.474. The van der Waals surface area contributed by atoms with Crippen LogP contribution in [0.15, 0.2) is 35.4 Å². The van der Waals surface area contributed by atoms with Crippen molar-refractivity contribution in [3.05, 3.63) is 51.7 Å². The van der Waals surface area contributed by atoms with Crippen LogP contribution in [-0.2, 0) is 0 Å². The molecule has 0 saturated heterocycles. The van der Waals surface area contributed by atoms with Crippen LogP contribution in [0.5, 0.6) is 0 Å². The Morgan fingerprint density at radius 2 is 2.22 bits per heavy atom. The first-order valence-electron chi connectivity index (χ1n) is 4.97. The van der Waals surface area contributed by atoms with Crippen LogP contribution in [0.25, 0.3) is 0 Å². The molecule has 6 nitrogen and oxygen atoms in total. The monoisotopic (exact) mass is 264 g/mol. The van der Waals surface area contributed by atoms with E-state index in [1.807, 2.05) is 0 Å². The number of anilines is 2. The molecule has 4 N–H and O–H groups in total. The summed E-state index contributed by atoms with van der Waals surface area (Å²) in [6, 6.07) is 4.72. The molecule has 2 rings (SSSR count). The van der Waals surface area contributed by atoms with E-state index in [9.17, 15) is 9.59 Å². The Balaban J connectivity index is 2.21. The number of hydrogen-bond donors (Lipinski definition) is 3. The zero-order valence-electron chi connectivity index (χ0n) is 9.11. The molecule has 1 aromatic carbocycles. The highest BCUT2D eigenvalue weighted by molar-refractivity contribution is 6.34. The van der Waals surface area contributed by atoms with Gasteiger partial charge >= 0.3 is 0 Å². The van der Waals surface area contributed by atoms with Crippen molar-refractivity contribution in [1.82, 2.24) is 9.97 Å². The average molecular weight is 265 g/mol. The molecule has 18 heavy (non-hydrogen) atoms. The van der Waals surface area contributed by atoms with Gasteiger partial charge in [0.1, 0.15) is 5.69 Å². The Labute approximate surface area is 107 Å². The predicted molar refractivity (Wildman–Crippen MR) is 68.7 cm³/mol. The molecule has 0 fully saturated rings. The SMILES string of the molecule is Nc1ccc(NC(=O)c2c[nH]c(=O)cn2)c(Cl)c1. The van der Waals surface area contributed by atoms with Crippen LogP contribution in [0.4, 0.5) is 11.4 Å². The molecule has 0 radical (unpaired) electrons. The molecule has 0 spiro atoms. The molecule has 0 atom stereocenters. The fraction of sp³-hybridized carbons (Fsp3) is 0. The first-order chi connectivity index (χ1) is 8.56. The predicted octanol–water partition coefficient (Wildman–Crippen LogP) is 1.26. The molecule has 0 aliphatic heterocycles. The van der Waals surface area contributed by atoms with Crippen LogP contribution >= 0.6 is 11.6 Å². The van der Waals surface area contributed by atoms with Crippen LogP contribution in [0.1, 0.15) is 10.5 Å². The van der Waals surface area contributed by atoms with Crippen molar-refractivity contribution < 1.29 is 4.79 Å². The Bertz CT molecular complexity index is 633. The number of nitrogens with two attached hydrogens (primary N) is 1. The number of H-pyrrole nitrogens is 1. The van der Waals surface area contributed by atoms with Gasteiger partial charge in [-0.15, -0.1) is 0 Å². The number of hydrogen-bond acceptors (Lipinski definition) is 4. The second-order valence-electron chi connectivity index (χ2n) is 3.49. The fourth-order valence-electron chi connectivity index (χ4n) is 1.29. The lowest BCUT2D eigenvalue weighted by molar-refractivity contribution is 0.102. The van der Waals surface area contributed by atoms with Gasteiger partial charge in [0.15, 0.2) is 0 Å². The summed E-state index contributed by atoms with van der Waals surface area (Å²) in [7, 11) is 0. The van der Waals surface area contributed by atoms with Gasteiger partial charge in [0.2, 0.25) is 0 Å². The second-order valence-corrected chi connectivity index (χ2v) is 3.90. The summed E-state index contributed by atoms with van der Waals surface area (Å²) in [5.41, 5.74) is 6.17. The van der Waals surface area contributed by atoms with E-state index < -0.39 is 5.91 Å². The maximum absolute atomic E-state index is 11.8.